The monoisotopic (exact) mass is 359 g/mol. The molecule has 0 saturated carbocycles. The van der Waals surface area contributed by atoms with Gasteiger partial charge >= 0.3 is 0 Å². The van der Waals surface area contributed by atoms with Crippen molar-refractivity contribution in [1.82, 2.24) is 5.32 Å². The van der Waals surface area contributed by atoms with Crippen LogP contribution in [0.4, 0.5) is 0 Å². The molecule has 114 valence electrons. The third-order valence-electron chi connectivity index (χ3n) is 4.08. The predicted molar refractivity (Wildman–Crippen MR) is 90.4 cm³/mol. The number of rotatable bonds is 3. The first-order chi connectivity index (χ1) is 10.7. The molecular formula is C18H18BrNO2. The Hall–Kier alpha value is -1.81. The molecule has 0 bridgehead atoms. The minimum atomic E-state index is -0.0202. The summed E-state index contributed by atoms with van der Waals surface area (Å²) in [5.74, 6) is 0.738. The summed E-state index contributed by atoms with van der Waals surface area (Å²) in [6.45, 7) is 0. The number of aryl methyl sites for hydroxylation is 1. The van der Waals surface area contributed by atoms with E-state index in [2.05, 4.69) is 39.4 Å². The maximum atomic E-state index is 12.3. The van der Waals surface area contributed by atoms with Gasteiger partial charge in [-0.05, 0) is 66.8 Å². The lowest BCUT2D eigenvalue weighted by Gasteiger charge is -2.25. The van der Waals surface area contributed by atoms with Crippen LogP contribution in [0.15, 0.2) is 46.9 Å². The van der Waals surface area contributed by atoms with Crippen LogP contribution in [0.2, 0.25) is 0 Å². The molecular weight excluding hydrogens is 342 g/mol. The Labute approximate surface area is 138 Å². The number of hydrogen-bond acceptors (Lipinski definition) is 2. The summed E-state index contributed by atoms with van der Waals surface area (Å²) in [6.07, 6.45) is 2.87. The number of carbonyl (C=O) groups excluding carboxylic acids is 1. The van der Waals surface area contributed by atoms with E-state index in [-0.39, 0.29) is 11.9 Å². The zero-order valence-electron chi connectivity index (χ0n) is 12.4. The summed E-state index contributed by atoms with van der Waals surface area (Å²) in [4.78, 5) is 12.3. The number of methoxy groups -OCH3 is 1. The normalized spacial score (nSPS) is 16.7. The molecule has 1 N–H and O–H groups in total. The van der Waals surface area contributed by atoms with Crippen LogP contribution in [-0.4, -0.2) is 19.1 Å². The maximum absolute atomic E-state index is 12.3. The summed E-state index contributed by atoms with van der Waals surface area (Å²) in [5, 5.41) is 3.14. The average molecular weight is 360 g/mol. The third kappa shape index (κ3) is 3.33. The second-order valence-corrected chi connectivity index (χ2v) is 6.47. The molecule has 3 nitrogen and oxygen atoms in total. The molecule has 1 amide bonds. The Kier molecular flexibility index (Phi) is 4.48. The van der Waals surface area contributed by atoms with Gasteiger partial charge in [-0.15, -0.1) is 0 Å². The van der Waals surface area contributed by atoms with Gasteiger partial charge in [0, 0.05) is 16.1 Å². The van der Waals surface area contributed by atoms with Gasteiger partial charge in [0.2, 0.25) is 0 Å². The standard InChI is InChI=1S/C18H18BrNO2/c1-22-17-8-4-12(5-9-17)18(21)20-16-7-3-13-10-15(19)6-2-14(13)11-16/h2,4-6,8-10,16H,3,7,11H2,1H3,(H,20,21). The molecule has 2 aromatic carbocycles. The number of fused-ring (bicyclic) bond motifs is 1. The predicted octanol–water partition coefficient (Wildman–Crippen LogP) is 3.75. The van der Waals surface area contributed by atoms with E-state index in [1.807, 2.05) is 12.1 Å². The highest BCUT2D eigenvalue weighted by molar-refractivity contribution is 9.10. The molecule has 1 atom stereocenters. The van der Waals surface area contributed by atoms with Gasteiger partial charge in [-0.2, -0.15) is 0 Å². The molecule has 0 radical (unpaired) electrons. The minimum absolute atomic E-state index is 0.0202. The van der Waals surface area contributed by atoms with E-state index in [1.165, 1.54) is 11.1 Å². The summed E-state index contributed by atoms with van der Waals surface area (Å²) >= 11 is 3.51. The molecule has 0 heterocycles. The first kappa shape index (κ1) is 15.1. The summed E-state index contributed by atoms with van der Waals surface area (Å²) in [5.41, 5.74) is 3.38. The van der Waals surface area contributed by atoms with E-state index in [0.29, 0.717) is 5.56 Å². The number of amides is 1. The molecule has 1 unspecified atom stereocenters. The minimum Gasteiger partial charge on any atom is -0.497 e. The van der Waals surface area contributed by atoms with Crippen LogP contribution in [-0.2, 0) is 12.8 Å². The number of hydrogen-bond donors (Lipinski definition) is 1. The first-order valence-electron chi connectivity index (χ1n) is 7.38. The summed E-state index contributed by atoms with van der Waals surface area (Å²) in [6, 6.07) is 13.8. The van der Waals surface area contributed by atoms with Gasteiger partial charge in [-0.1, -0.05) is 22.0 Å². The number of ether oxygens (including phenoxy) is 1. The molecule has 22 heavy (non-hydrogen) atoms. The Morgan fingerprint density at radius 2 is 1.95 bits per heavy atom. The lowest BCUT2D eigenvalue weighted by atomic mass is 9.88. The number of benzene rings is 2. The van der Waals surface area contributed by atoms with Crippen molar-refractivity contribution in [3.05, 3.63) is 63.6 Å². The molecule has 2 aromatic rings. The van der Waals surface area contributed by atoms with Crippen LogP contribution in [0.1, 0.15) is 27.9 Å². The number of halogens is 1. The highest BCUT2D eigenvalue weighted by Crippen LogP contribution is 2.25. The molecule has 0 saturated heterocycles. The van der Waals surface area contributed by atoms with Crippen molar-refractivity contribution < 1.29 is 9.53 Å². The van der Waals surface area contributed by atoms with Gasteiger partial charge in [0.25, 0.3) is 5.91 Å². The number of nitrogens with one attached hydrogen (secondary N) is 1. The van der Waals surface area contributed by atoms with Crippen molar-refractivity contribution in [1.29, 1.82) is 0 Å². The van der Waals surface area contributed by atoms with Crippen molar-refractivity contribution in [2.45, 2.75) is 25.3 Å². The summed E-state index contributed by atoms with van der Waals surface area (Å²) < 4.78 is 6.23. The van der Waals surface area contributed by atoms with Gasteiger partial charge < -0.3 is 10.1 Å². The van der Waals surface area contributed by atoms with E-state index >= 15 is 0 Å². The molecule has 0 aromatic heterocycles. The fourth-order valence-corrected chi connectivity index (χ4v) is 3.27. The lowest BCUT2D eigenvalue weighted by molar-refractivity contribution is 0.0933. The smallest absolute Gasteiger partial charge is 0.251 e. The van der Waals surface area contributed by atoms with Gasteiger partial charge in [0.15, 0.2) is 0 Å². The lowest BCUT2D eigenvalue weighted by Crippen LogP contribution is -2.38. The molecule has 4 heteroatoms. The Morgan fingerprint density at radius 3 is 2.68 bits per heavy atom. The molecule has 3 rings (SSSR count). The fraction of sp³-hybridized carbons (Fsp3) is 0.278. The average Bonchev–Trinajstić information content (AvgIpc) is 2.55. The van der Waals surface area contributed by atoms with Crippen LogP contribution in [0.3, 0.4) is 0 Å². The van der Waals surface area contributed by atoms with Crippen LogP contribution in [0.25, 0.3) is 0 Å². The Morgan fingerprint density at radius 1 is 1.18 bits per heavy atom. The van der Waals surface area contributed by atoms with Crippen molar-refractivity contribution in [2.75, 3.05) is 7.11 Å². The van der Waals surface area contributed by atoms with E-state index in [0.717, 1.165) is 29.5 Å². The van der Waals surface area contributed by atoms with Crippen molar-refractivity contribution in [2.24, 2.45) is 0 Å². The van der Waals surface area contributed by atoms with Crippen LogP contribution < -0.4 is 10.1 Å². The quantitative estimate of drug-likeness (QED) is 0.906. The van der Waals surface area contributed by atoms with E-state index in [9.17, 15) is 4.79 Å². The molecule has 0 spiro atoms. The Balaban J connectivity index is 1.66. The van der Waals surface area contributed by atoms with Crippen LogP contribution in [0.5, 0.6) is 5.75 Å². The summed E-state index contributed by atoms with van der Waals surface area (Å²) in [7, 11) is 1.62. The zero-order chi connectivity index (χ0) is 15.5. The zero-order valence-corrected chi connectivity index (χ0v) is 14.0. The molecule has 1 aliphatic carbocycles. The first-order valence-corrected chi connectivity index (χ1v) is 8.17. The van der Waals surface area contributed by atoms with E-state index in [1.54, 1.807) is 19.2 Å². The second-order valence-electron chi connectivity index (χ2n) is 5.55. The van der Waals surface area contributed by atoms with Crippen molar-refractivity contribution in [3.63, 3.8) is 0 Å². The van der Waals surface area contributed by atoms with Gasteiger partial charge in [-0.3, -0.25) is 4.79 Å². The van der Waals surface area contributed by atoms with Gasteiger partial charge in [0.1, 0.15) is 5.75 Å². The fourth-order valence-electron chi connectivity index (χ4n) is 2.86. The molecule has 0 fully saturated rings. The van der Waals surface area contributed by atoms with Crippen molar-refractivity contribution >= 4 is 21.8 Å². The number of carbonyl (C=O) groups is 1. The molecule has 0 aliphatic heterocycles. The van der Waals surface area contributed by atoms with E-state index in [4.69, 9.17) is 4.74 Å². The molecule has 1 aliphatic rings. The van der Waals surface area contributed by atoms with Crippen molar-refractivity contribution in [3.8, 4) is 5.75 Å². The third-order valence-corrected chi connectivity index (χ3v) is 4.58. The topological polar surface area (TPSA) is 38.3 Å². The largest absolute Gasteiger partial charge is 0.497 e. The SMILES string of the molecule is COc1ccc(C(=O)NC2CCc3cc(Br)ccc3C2)cc1. The van der Waals surface area contributed by atoms with Gasteiger partial charge in [0.05, 0.1) is 7.11 Å². The van der Waals surface area contributed by atoms with Gasteiger partial charge in [-0.25, -0.2) is 0 Å². The highest BCUT2D eigenvalue weighted by atomic mass is 79.9. The highest BCUT2D eigenvalue weighted by Gasteiger charge is 2.20. The second kappa shape index (κ2) is 6.53. The Bertz CT molecular complexity index is 682. The maximum Gasteiger partial charge on any atom is 0.251 e. The van der Waals surface area contributed by atoms with Crippen LogP contribution >= 0.6 is 15.9 Å². The van der Waals surface area contributed by atoms with Crippen LogP contribution in [0, 0.1) is 0 Å². The van der Waals surface area contributed by atoms with E-state index < -0.39 is 0 Å².